The van der Waals surface area contributed by atoms with Gasteiger partial charge in [-0.3, -0.25) is 14.5 Å². The van der Waals surface area contributed by atoms with Crippen molar-refractivity contribution in [3.8, 4) is 5.75 Å². The van der Waals surface area contributed by atoms with Gasteiger partial charge < -0.3 is 9.84 Å². The van der Waals surface area contributed by atoms with Crippen molar-refractivity contribution in [2.45, 2.75) is 19.4 Å². The van der Waals surface area contributed by atoms with Crippen LogP contribution >= 0.6 is 0 Å². The summed E-state index contributed by atoms with van der Waals surface area (Å²) in [5, 5.41) is 11.1. The van der Waals surface area contributed by atoms with E-state index in [4.69, 9.17) is 4.74 Å². The first kappa shape index (κ1) is 22.2. The zero-order valence-corrected chi connectivity index (χ0v) is 17.8. The molecule has 1 atom stereocenters. The minimum absolute atomic E-state index is 0.192. The van der Waals surface area contributed by atoms with Gasteiger partial charge in [-0.05, 0) is 36.2 Å². The fourth-order valence-corrected chi connectivity index (χ4v) is 3.82. The van der Waals surface area contributed by atoms with Gasteiger partial charge >= 0.3 is 0 Å². The molecule has 4 rings (SSSR count). The molecule has 1 fully saturated rings. The average Bonchev–Trinajstić information content (AvgIpc) is 3.08. The van der Waals surface area contributed by atoms with Gasteiger partial charge in [0.15, 0.2) is 0 Å². The molecular formula is C26H21F2NO4. The quantitative estimate of drug-likeness (QED) is 0.312. The lowest BCUT2D eigenvalue weighted by molar-refractivity contribution is -0.132. The van der Waals surface area contributed by atoms with Crippen LogP contribution in [0.2, 0.25) is 0 Å². The number of rotatable bonds is 6. The van der Waals surface area contributed by atoms with Gasteiger partial charge in [0.25, 0.3) is 11.7 Å². The van der Waals surface area contributed by atoms with Crippen LogP contribution in [0.15, 0.2) is 78.4 Å². The molecule has 1 heterocycles. The number of amides is 1. The van der Waals surface area contributed by atoms with E-state index in [1.807, 2.05) is 6.92 Å². The number of aliphatic hydroxyl groups excluding tert-OH is 1. The number of anilines is 1. The highest BCUT2D eigenvalue weighted by molar-refractivity contribution is 6.51. The van der Waals surface area contributed by atoms with Crippen LogP contribution in [-0.4, -0.2) is 23.4 Å². The molecule has 1 unspecified atom stereocenters. The molecule has 0 radical (unpaired) electrons. The third-order valence-corrected chi connectivity index (χ3v) is 5.31. The number of hydrogen-bond acceptors (Lipinski definition) is 4. The summed E-state index contributed by atoms with van der Waals surface area (Å²) in [6.07, 6.45) is 0.790. The van der Waals surface area contributed by atoms with Crippen molar-refractivity contribution in [3.63, 3.8) is 0 Å². The first-order chi connectivity index (χ1) is 15.9. The van der Waals surface area contributed by atoms with Crippen molar-refractivity contribution in [1.29, 1.82) is 0 Å². The first-order valence-corrected chi connectivity index (χ1v) is 10.5. The minimum Gasteiger partial charge on any atom is -0.507 e. The van der Waals surface area contributed by atoms with Crippen LogP contribution in [0.1, 0.15) is 30.5 Å². The van der Waals surface area contributed by atoms with Gasteiger partial charge in [0, 0.05) is 11.6 Å². The summed E-state index contributed by atoms with van der Waals surface area (Å²) >= 11 is 0. The zero-order chi connectivity index (χ0) is 23.5. The summed E-state index contributed by atoms with van der Waals surface area (Å²) in [6.45, 7) is 2.43. The SMILES string of the molecule is CCCOc1cccc(/C(O)=C2\C(=O)C(=O)N(c3ccc(F)cc3F)C2c2ccccc2)c1. The average molecular weight is 449 g/mol. The molecular weight excluding hydrogens is 428 g/mol. The lowest BCUT2D eigenvalue weighted by atomic mass is 9.95. The van der Waals surface area contributed by atoms with Crippen LogP contribution in [0.5, 0.6) is 5.75 Å². The molecule has 3 aromatic rings. The molecule has 1 aliphatic rings. The van der Waals surface area contributed by atoms with Crippen LogP contribution in [0.3, 0.4) is 0 Å². The summed E-state index contributed by atoms with van der Waals surface area (Å²) in [5.74, 6) is -3.70. The molecule has 0 spiro atoms. The lowest BCUT2D eigenvalue weighted by Crippen LogP contribution is -2.30. The summed E-state index contributed by atoms with van der Waals surface area (Å²) in [7, 11) is 0. The maximum atomic E-state index is 14.7. The number of ketones is 1. The maximum absolute atomic E-state index is 14.7. The van der Waals surface area contributed by atoms with Crippen LogP contribution in [-0.2, 0) is 9.59 Å². The van der Waals surface area contributed by atoms with Gasteiger partial charge in [-0.25, -0.2) is 8.78 Å². The van der Waals surface area contributed by atoms with Gasteiger partial charge in [0.1, 0.15) is 23.1 Å². The molecule has 1 N–H and O–H groups in total. The Morgan fingerprint density at radius 2 is 1.76 bits per heavy atom. The monoisotopic (exact) mass is 449 g/mol. The predicted molar refractivity (Wildman–Crippen MR) is 120 cm³/mol. The maximum Gasteiger partial charge on any atom is 0.300 e. The van der Waals surface area contributed by atoms with Crippen molar-refractivity contribution in [3.05, 3.63) is 101 Å². The van der Waals surface area contributed by atoms with Crippen LogP contribution < -0.4 is 9.64 Å². The topological polar surface area (TPSA) is 66.8 Å². The van der Waals surface area contributed by atoms with E-state index >= 15 is 0 Å². The summed E-state index contributed by atoms with van der Waals surface area (Å²) < 4.78 is 33.8. The predicted octanol–water partition coefficient (Wildman–Crippen LogP) is 5.38. The Bertz CT molecular complexity index is 1240. The van der Waals surface area contributed by atoms with Crippen molar-refractivity contribution in [2.75, 3.05) is 11.5 Å². The molecule has 1 saturated heterocycles. The second kappa shape index (κ2) is 9.24. The molecule has 0 aliphatic carbocycles. The minimum atomic E-state index is -1.11. The lowest BCUT2D eigenvalue weighted by Gasteiger charge is -2.25. The Morgan fingerprint density at radius 3 is 2.45 bits per heavy atom. The van der Waals surface area contributed by atoms with E-state index < -0.39 is 35.1 Å². The largest absolute Gasteiger partial charge is 0.507 e. The Balaban J connectivity index is 1.90. The van der Waals surface area contributed by atoms with Gasteiger partial charge in [-0.2, -0.15) is 0 Å². The molecule has 3 aromatic carbocycles. The molecule has 1 amide bonds. The highest BCUT2D eigenvalue weighted by Gasteiger charge is 2.47. The highest BCUT2D eigenvalue weighted by Crippen LogP contribution is 2.43. The second-order valence-electron chi connectivity index (χ2n) is 7.55. The third kappa shape index (κ3) is 4.22. The number of halogens is 2. The van der Waals surface area contributed by atoms with Crippen LogP contribution in [0.4, 0.5) is 14.5 Å². The van der Waals surface area contributed by atoms with E-state index in [0.29, 0.717) is 24.0 Å². The third-order valence-electron chi connectivity index (χ3n) is 5.31. The molecule has 0 saturated carbocycles. The number of Topliss-reactive ketones (excluding diaryl/α,β-unsaturated/α-hetero) is 1. The molecule has 7 heteroatoms. The molecule has 1 aliphatic heterocycles. The van der Waals surface area contributed by atoms with Crippen molar-refractivity contribution >= 4 is 23.1 Å². The second-order valence-corrected chi connectivity index (χ2v) is 7.55. The number of nitrogens with zero attached hydrogens (tertiary/aromatic N) is 1. The first-order valence-electron chi connectivity index (χ1n) is 10.5. The molecule has 0 aromatic heterocycles. The number of carbonyl (C=O) groups excluding carboxylic acids is 2. The fraction of sp³-hybridized carbons (Fsp3) is 0.154. The van der Waals surface area contributed by atoms with Gasteiger partial charge in [0.2, 0.25) is 0 Å². The Kier molecular flexibility index (Phi) is 6.22. The standard InChI is InChI=1S/C26H21F2NO4/c1-2-13-33-19-10-6-9-17(14-19)24(30)22-23(16-7-4-3-5-8-16)29(26(32)25(22)31)21-12-11-18(27)15-20(21)28/h3-12,14-15,23,30H,2,13H2,1H3/b24-22+. The fourth-order valence-electron chi connectivity index (χ4n) is 3.82. The van der Waals surface area contributed by atoms with Crippen molar-refractivity contribution < 1.29 is 28.2 Å². The molecule has 0 bridgehead atoms. The summed E-state index contributed by atoms with van der Waals surface area (Å²) in [5.41, 5.74) is 0.316. The van der Waals surface area contributed by atoms with Crippen molar-refractivity contribution in [2.24, 2.45) is 0 Å². The van der Waals surface area contributed by atoms with E-state index in [9.17, 15) is 23.5 Å². The van der Waals surface area contributed by atoms with E-state index in [2.05, 4.69) is 0 Å². The summed E-state index contributed by atoms with van der Waals surface area (Å²) in [4.78, 5) is 27.1. The Morgan fingerprint density at radius 1 is 1.00 bits per heavy atom. The molecule has 33 heavy (non-hydrogen) atoms. The van der Waals surface area contributed by atoms with Crippen LogP contribution in [0.25, 0.3) is 5.76 Å². The Labute approximate surface area is 189 Å². The van der Waals surface area contributed by atoms with Gasteiger partial charge in [0.05, 0.1) is 23.9 Å². The van der Waals surface area contributed by atoms with E-state index in [0.717, 1.165) is 23.5 Å². The molecule has 168 valence electrons. The molecule has 5 nitrogen and oxygen atoms in total. The van der Waals surface area contributed by atoms with Gasteiger partial charge in [-0.1, -0.05) is 49.4 Å². The van der Waals surface area contributed by atoms with Gasteiger partial charge in [-0.15, -0.1) is 0 Å². The smallest absolute Gasteiger partial charge is 0.300 e. The summed E-state index contributed by atoms with van der Waals surface area (Å²) in [6, 6.07) is 16.7. The number of benzene rings is 3. The van der Waals surface area contributed by atoms with Crippen LogP contribution in [0, 0.1) is 11.6 Å². The number of carbonyl (C=O) groups is 2. The van der Waals surface area contributed by atoms with E-state index in [1.165, 1.54) is 0 Å². The van der Waals surface area contributed by atoms with Crippen molar-refractivity contribution in [1.82, 2.24) is 0 Å². The number of hydrogen-bond donors (Lipinski definition) is 1. The Hall–Kier alpha value is -4.00. The zero-order valence-electron chi connectivity index (χ0n) is 17.8. The number of ether oxygens (including phenoxy) is 1. The highest BCUT2D eigenvalue weighted by atomic mass is 19.1. The van der Waals surface area contributed by atoms with E-state index in [1.54, 1.807) is 54.6 Å². The van der Waals surface area contributed by atoms with E-state index in [-0.39, 0.29) is 16.8 Å². The normalized spacial score (nSPS) is 17.4. The number of aliphatic hydroxyl groups is 1.